The minimum Gasteiger partial charge on any atom is -0.443 e. The van der Waals surface area contributed by atoms with Gasteiger partial charge in [-0.15, -0.1) is 5.10 Å². The fraction of sp³-hybridized carbons (Fsp3) is 0.556. The Balaban J connectivity index is 2.63. The van der Waals surface area contributed by atoms with Crippen LogP contribution in [-0.4, -0.2) is 21.6 Å². The minimum atomic E-state index is -0.561. The third-order valence-electron chi connectivity index (χ3n) is 1.50. The molecular weight excluding hydrogens is 196 g/mol. The van der Waals surface area contributed by atoms with E-state index in [2.05, 4.69) is 10.5 Å². The average molecular weight is 212 g/mol. The number of carbonyl (C=O) groups is 1. The summed E-state index contributed by atoms with van der Waals surface area (Å²) in [6.45, 7) is 7.14. The maximum Gasteiger partial charge on any atom is 0.428 e. The van der Waals surface area contributed by atoms with Gasteiger partial charge in [-0.25, -0.2) is 10.2 Å². The number of rotatable bonds is 1. The number of aromatic nitrogens is 2. The Morgan fingerprint density at radius 3 is 2.60 bits per heavy atom. The summed E-state index contributed by atoms with van der Waals surface area (Å²) in [5.41, 5.74) is 8.11. The highest BCUT2D eigenvalue weighted by atomic mass is 16.6. The number of carbonyl (C=O) groups excluding carboxylic acids is 1. The predicted molar refractivity (Wildman–Crippen MR) is 57.0 cm³/mol. The van der Waals surface area contributed by atoms with E-state index in [4.69, 9.17) is 10.5 Å². The van der Waals surface area contributed by atoms with Crippen LogP contribution in [0.2, 0.25) is 0 Å². The molecule has 0 fully saturated rings. The van der Waals surface area contributed by atoms with Crippen LogP contribution in [0.3, 0.4) is 0 Å². The number of aryl methyl sites for hydroxylation is 1. The lowest BCUT2D eigenvalue weighted by atomic mass is 10.2. The van der Waals surface area contributed by atoms with Gasteiger partial charge in [0.05, 0.1) is 5.69 Å². The van der Waals surface area contributed by atoms with Crippen molar-refractivity contribution in [3.63, 3.8) is 0 Å². The molecule has 0 bridgehead atoms. The number of anilines is 1. The van der Waals surface area contributed by atoms with Crippen LogP contribution in [0, 0.1) is 6.92 Å². The molecule has 0 aliphatic carbocycles. The number of amides is 1. The molecule has 1 aromatic heterocycles. The Bertz CT molecular complexity index is 365. The Kier molecular flexibility index (Phi) is 2.88. The van der Waals surface area contributed by atoms with Crippen LogP contribution in [0.5, 0.6) is 0 Å². The monoisotopic (exact) mass is 212 g/mol. The van der Waals surface area contributed by atoms with Gasteiger partial charge < -0.3 is 10.5 Å². The van der Waals surface area contributed by atoms with E-state index in [1.165, 1.54) is 4.79 Å². The maximum absolute atomic E-state index is 11.4. The van der Waals surface area contributed by atoms with Crippen molar-refractivity contribution < 1.29 is 9.53 Å². The van der Waals surface area contributed by atoms with Gasteiger partial charge in [-0.05, 0) is 27.7 Å². The zero-order valence-corrected chi connectivity index (χ0v) is 9.37. The molecule has 0 aliphatic heterocycles. The fourth-order valence-electron chi connectivity index (χ4n) is 0.999. The topological polar surface area (TPSA) is 82.2 Å². The lowest BCUT2D eigenvalue weighted by Crippen LogP contribution is -2.32. The molecular formula is C9H16N4O2. The molecule has 0 spiro atoms. The zero-order valence-electron chi connectivity index (χ0n) is 9.37. The summed E-state index contributed by atoms with van der Waals surface area (Å²) in [6.07, 6.45) is -0.561. The molecule has 0 aromatic carbocycles. The summed E-state index contributed by atoms with van der Waals surface area (Å²) >= 11 is 0. The van der Waals surface area contributed by atoms with Crippen LogP contribution < -0.4 is 11.2 Å². The smallest absolute Gasteiger partial charge is 0.428 e. The molecule has 0 unspecified atom stereocenters. The summed E-state index contributed by atoms with van der Waals surface area (Å²) in [7, 11) is 0. The van der Waals surface area contributed by atoms with Crippen molar-refractivity contribution in [2.75, 3.05) is 11.2 Å². The first-order chi connectivity index (χ1) is 6.78. The third-order valence-corrected chi connectivity index (χ3v) is 1.50. The van der Waals surface area contributed by atoms with Gasteiger partial charge in [0, 0.05) is 6.07 Å². The molecule has 1 heterocycles. The highest BCUT2D eigenvalue weighted by Gasteiger charge is 2.16. The Morgan fingerprint density at radius 2 is 2.20 bits per heavy atom. The van der Waals surface area contributed by atoms with Crippen LogP contribution in [0.4, 0.5) is 10.6 Å². The van der Waals surface area contributed by atoms with Crippen LogP contribution in [0.25, 0.3) is 0 Å². The van der Waals surface area contributed by atoms with E-state index in [1.807, 2.05) is 0 Å². The largest absolute Gasteiger partial charge is 0.443 e. The highest BCUT2D eigenvalue weighted by molar-refractivity contribution is 5.76. The van der Waals surface area contributed by atoms with Gasteiger partial charge in [0.2, 0.25) is 0 Å². The summed E-state index contributed by atoms with van der Waals surface area (Å²) < 4.78 is 5.05. The first-order valence-corrected chi connectivity index (χ1v) is 4.60. The number of hydrogen-bond acceptors (Lipinski definition) is 4. The predicted octanol–water partition coefficient (Wildman–Crippen LogP) is 1.25. The van der Waals surface area contributed by atoms with Crippen molar-refractivity contribution in [3.05, 3.63) is 11.8 Å². The summed E-state index contributed by atoms with van der Waals surface area (Å²) in [5.74, 6) is 0.351. The number of nitrogen functional groups attached to an aromatic ring is 1. The van der Waals surface area contributed by atoms with Gasteiger partial charge >= 0.3 is 6.09 Å². The lowest BCUT2D eigenvalue weighted by molar-refractivity contribution is 0.0609. The van der Waals surface area contributed by atoms with E-state index in [0.29, 0.717) is 5.82 Å². The van der Waals surface area contributed by atoms with Gasteiger partial charge in [0.25, 0.3) is 0 Å². The van der Waals surface area contributed by atoms with Gasteiger partial charge in [-0.3, -0.25) is 0 Å². The summed E-state index contributed by atoms with van der Waals surface area (Å²) in [5, 5.41) is 3.86. The van der Waals surface area contributed by atoms with E-state index >= 15 is 0 Å². The van der Waals surface area contributed by atoms with Crippen LogP contribution in [-0.2, 0) is 4.74 Å². The van der Waals surface area contributed by atoms with E-state index in [-0.39, 0.29) is 0 Å². The second-order valence-corrected chi connectivity index (χ2v) is 4.24. The van der Waals surface area contributed by atoms with Gasteiger partial charge in [0.1, 0.15) is 11.4 Å². The van der Waals surface area contributed by atoms with E-state index < -0.39 is 11.7 Å². The SMILES string of the molecule is Cc1cc(N)nn1NC(=O)OC(C)(C)C. The van der Waals surface area contributed by atoms with Crippen molar-refractivity contribution in [2.45, 2.75) is 33.3 Å². The molecule has 15 heavy (non-hydrogen) atoms. The molecule has 3 N–H and O–H groups in total. The summed E-state index contributed by atoms with van der Waals surface area (Å²) in [6, 6.07) is 1.65. The van der Waals surface area contributed by atoms with Crippen LogP contribution >= 0.6 is 0 Å². The molecule has 6 heteroatoms. The minimum absolute atomic E-state index is 0.351. The van der Waals surface area contributed by atoms with Crippen molar-refractivity contribution in [3.8, 4) is 0 Å². The number of nitrogens with zero attached hydrogens (tertiary/aromatic N) is 2. The zero-order chi connectivity index (χ0) is 11.6. The number of nitrogens with one attached hydrogen (secondary N) is 1. The third kappa shape index (κ3) is 3.49. The molecule has 0 saturated heterocycles. The summed E-state index contributed by atoms with van der Waals surface area (Å²) in [4.78, 5) is 12.6. The highest BCUT2D eigenvalue weighted by Crippen LogP contribution is 2.08. The van der Waals surface area contributed by atoms with Crippen molar-refractivity contribution in [1.82, 2.24) is 9.89 Å². The molecule has 0 saturated carbocycles. The number of nitrogens with two attached hydrogens (primary N) is 1. The van der Waals surface area contributed by atoms with Crippen LogP contribution in [0.1, 0.15) is 26.5 Å². The first-order valence-electron chi connectivity index (χ1n) is 4.60. The number of hydrogen-bond donors (Lipinski definition) is 2. The molecule has 0 radical (unpaired) electrons. The second kappa shape index (κ2) is 3.80. The van der Waals surface area contributed by atoms with Gasteiger partial charge in [0.15, 0.2) is 0 Å². The molecule has 6 nitrogen and oxygen atoms in total. The Hall–Kier alpha value is -1.72. The second-order valence-electron chi connectivity index (χ2n) is 4.24. The first kappa shape index (κ1) is 11.4. The van der Waals surface area contributed by atoms with Gasteiger partial charge in [-0.2, -0.15) is 4.79 Å². The Labute approximate surface area is 88.4 Å². The number of ether oxygens (including phenoxy) is 1. The molecule has 1 amide bonds. The molecule has 1 rings (SSSR count). The van der Waals surface area contributed by atoms with E-state index in [1.54, 1.807) is 33.8 Å². The molecule has 1 aromatic rings. The molecule has 84 valence electrons. The maximum atomic E-state index is 11.4. The molecule has 0 atom stereocenters. The van der Waals surface area contributed by atoms with Gasteiger partial charge in [-0.1, -0.05) is 0 Å². The fourth-order valence-corrected chi connectivity index (χ4v) is 0.999. The van der Waals surface area contributed by atoms with E-state index in [9.17, 15) is 4.79 Å². The van der Waals surface area contributed by atoms with Crippen LogP contribution in [0.15, 0.2) is 6.07 Å². The standard InChI is InChI=1S/C9H16N4O2/c1-6-5-7(10)11-13(6)12-8(14)15-9(2,3)4/h5H,1-4H3,(H2,10,11)(H,12,14). The lowest BCUT2D eigenvalue weighted by Gasteiger charge is -2.19. The normalized spacial score (nSPS) is 11.2. The average Bonchev–Trinajstić information content (AvgIpc) is 2.25. The van der Waals surface area contributed by atoms with Crippen molar-refractivity contribution in [1.29, 1.82) is 0 Å². The van der Waals surface area contributed by atoms with E-state index in [0.717, 1.165) is 5.69 Å². The van der Waals surface area contributed by atoms with Crippen molar-refractivity contribution >= 4 is 11.9 Å². The quantitative estimate of drug-likeness (QED) is 0.734. The molecule has 0 aliphatic rings. The Morgan fingerprint density at radius 1 is 1.60 bits per heavy atom. The van der Waals surface area contributed by atoms with Crippen molar-refractivity contribution in [2.24, 2.45) is 0 Å².